The lowest BCUT2D eigenvalue weighted by molar-refractivity contribution is 0.222. The van der Waals surface area contributed by atoms with Gasteiger partial charge < -0.3 is 0 Å². The second-order valence-corrected chi connectivity index (χ2v) is 8.45. The third-order valence-electron chi connectivity index (χ3n) is 3.91. The van der Waals surface area contributed by atoms with E-state index < -0.39 is 10.0 Å². The lowest BCUT2D eigenvalue weighted by atomic mass is 9.94. The first kappa shape index (κ1) is 15.8. The first-order chi connectivity index (χ1) is 9.21. The van der Waals surface area contributed by atoms with Crippen molar-refractivity contribution in [1.82, 2.24) is 4.31 Å². The first-order valence-corrected chi connectivity index (χ1v) is 8.80. The highest BCUT2D eigenvalue weighted by molar-refractivity contribution is 7.89. The van der Waals surface area contributed by atoms with Crippen molar-refractivity contribution in [3.8, 4) is 0 Å². The van der Waals surface area contributed by atoms with Crippen LogP contribution in [0.4, 0.5) is 0 Å². The van der Waals surface area contributed by atoms with Gasteiger partial charge in [-0.1, -0.05) is 25.4 Å². The van der Waals surface area contributed by atoms with Crippen LogP contribution in [-0.2, 0) is 10.0 Å². The minimum absolute atomic E-state index is 0.390. The molecule has 2 rings (SSSR count). The van der Waals surface area contributed by atoms with E-state index in [1.54, 1.807) is 23.4 Å². The molecule has 3 nitrogen and oxygen atoms in total. The highest BCUT2D eigenvalue weighted by Crippen LogP contribution is 2.30. The van der Waals surface area contributed by atoms with Crippen LogP contribution >= 0.6 is 11.6 Å². The zero-order valence-electron chi connectivity index (χ0n) is 12.5. The molecule has 1 aliphatic rings. The molecule has 0 aliphatic carbocycles. The lowest BCUT2D eigenvalue weighted by Gasteiger charge is -2.34. The Morgan fingerprint density at radius 3 is 2.20 bits per heavy atom. The molecule has 0 bridgehead atoms. The molecule has 1 saturated heterocycles. The predicted molar refractivity (Wildman–Crippen MR) is 82.6 cm³/mol. The van der Waals surface area contributed by atoms with Gasteiger partial charge in [-0.15, -0.1) is 0 Å². The minimum atomic E-state index is -3.42. The number of hydrogen-bond acceptors (Lipinski definition) is 2. The highest BCUT2D eigenvalue weighted by atomic mass is 35.5. The molecule has 0 saturated carbocycles. The molecular formula is C15H22ClNO2S. The highest BCUT2D eigenvalue weighted by Gasteiger charge is 2.32. The summed E-state index contributed by atoms with van der Waals surface area (Å²) >= 11 is 6.06. The summed E-state index contributed by atoms with van der Waals surface area (Å²) < 4.78 is 27.3. The summed E-state index contributed by atoms with van der Waals surface area (Å²) in [6.07, 6.45) is 1.09. The molecule has 2 atom stereocenters. The Morgan fingerprint density at radius 2 is 1.65 bits per heavy atom. The van der Waals surface area contributed by atoms with Crippen LogP contribution in [0.3, 0.4) is 0 Å². The van der Waals surface area contributed by atoms with Crippen molar-refractivity contribution in [2.24, 2.45) is 11.8 Å². The second-order valence-electron chi connectivity index (χ2n) is 6.13. The molecule has 112 valence electrons. The van der Waals surface area contributed by atoms with E-state index in [4.69, 9.17) is 11.6 Å². The van der Waals surface area contributed by atoms with Crippen LogP contribution < -0.4 is 0 Å². The van der Waals surface area contributed by atoms with Crippen molar-refractivity contribution < 1.29 is 8.42 Å². The molecule has 0 radical (unpaired) electrons. The first-order valence-electron chi connectivity index (χ1n) is 6.98. The number of nitrogens with zero attached hydrogens (tertiary/aromatic N) is 1. The molecule has 0 aromatic heterocycles. The molecule has 0 amide bonds. The maximum atomic E-state index is 12.8. The number of rotatable bonds is 2. The predicted octanol–water partition coefficient (Wildman–Crippen LogP) is 3.62. The molecule has 1 aromatic carbocycles. The van der Waals surface area contributed by atoms with Crippen molar-refractivity contribution in [3.05, 3.63) is 28.3 Å². The summed E-state index contributed by atoms with van der Waals surface area (Å²) in [5, 5.41) is 0.613. The molecule has 20 heavy (non-hydrogen) atoms. The summed E-state index contributed by atoms with van der Waals surface area (Å²) in [5.74, 6) is 0.810. The summed E-state index contributed by atoms with van der Waals surface area (Å²) in [6, 6.07) is 3.43. The van der Waals surface area contributed by atoms with Crippen molar-refractivity contribution >= 4 is 21.6 Å². The van der Waals surface area contributed by atoms with Crippen LogP contribution in [0.5, 0.6) is 0 Å². The van der Waals surface area contributed by atoms with Gasteiger partial charge in [-0.2, -0.15) is 4.31 Å². The fourth-order valence-corrected chi connectivity index (χ4v) is 5.16. The van der Waals surface area contributed by atoms with Gasteiger partial charge >= 0.3 is 0 Å². The molecule has 0 N–H and O–H groups in total. The van der Waals surface area contributed by atoms with Gasteiger partial charge in [0.15, 0.2) is 0 Å². The number of benzene rings is 1. The topological polar surface area (TPSA) is 37.4 Å². The monoisotopic (exact) mass is 315 g/mol. The fraction of sp³-hybridized carbons (Fsp3) is 0.600. The van der Waals surface area contributed by atoms with Crippen molar-refractivity contribution in [3.63, 3.8) is 0 Å². The molecule has 1 heterocycles. The molecule has 1 aliphatic heterocycles. The van der Waals surface area contributed by atoms with E-state index in [1.807, 2.05) is 6.92 Å². The van der Waals surface area contributed by atoms with Gasteiger partial charge in [0.1, 0.15) is 0 Å². The fourth-order valence-electron chi connectivity index (χ4n) is 2.97. The van der Waals surface area contributed by atoms with Crippen LogP contribution in [0.1, 0.15) is 31.4 Å². The van der Waals surface area contributed by atoms with Crippen LogP contribution in [0.15, 0.2) is 17.0 Å². The van der Waals surface area contributed by atoms with Gasteiger partial charge in [0, 0.05) is 18.1 Å². The van der Waals surface area contributed by atoms with Crippen LogP contribution in [0, 0.1) is 25.7 Å². The summed E-state index contributed by atoms with van der Waals surface area (Å²) in [7, 11) is -3.42. The largest absolute Gasteiger partial charge is 0.243 e. The summed E-state index contributed by atoms with van der Waals surface area (Å²) in [6.45, 7) is 9.06. The van der Waals surface area contributed by atoms with Gasteiger partial charge in [-0.25, -0.2) is 8.42 Å². The van der Waals surface area contributed by atoms with E-state index in [1.165, 1.54) is 0 Å². The maximum absolute atomic E-state index is 12.8. The number of sulfonamides is 1. The normalized spacial score (nSPS) is 24.9. The minimum Gasteiger partial charge on any atom is -0.207 e. The van der Waals surface area contributed by atoms with Gasteiger partial charge in [0.25, 0.3) is 0 Å². The Labute approximate surface area is 127 Å². The van der Waals surface area contributed by atoms with Crippen LogP contribution in [0.25, 0.3) is 0 Å². The van der Waals surface area contributed by atoms with Gasteiger partial charge in [0.2, 0.25) is 10.0 Å². The van der Waals surface area contributed by atoms with E-state index in [-0.39, 0.29) is 0 Å². The Hall–Kier alpha value is -0.580. The van der Waals surface area contributed by atoms with Crippen molar-refractivity contribution in [2.45, 2.75) is 39.0 Å². The van der Waals surface area contributed by atoms with Crippen molar-refractivity contribution in [1.29, 1.82) is 0 Å². The third-order valence-corrected chi connectivity index (χ3v) is 6.29. The molecule has 5 heteroatoms. The lowest BCUT2D eigenvalue weighted by Crippen LogP contribution is -2.42. The molecule has 1 aromatic rings. The van der Waals surface area contributed by atoms with Crippen LogP contribution in [0.2, 0.25) is 5.02 Å². The maximum Gasteiger partial charge on any atom is 0.243 e. The Balaban J connectivity index is 2.42. The van der Waals surface area contributed by atoms with E-state index >= 15 is 0 Å². The summed E-state index contributed by atoms with van der Waals surface area (Å²) in [4.78, 5) is 0.390. The van der Waals surface area contributed by atoms with Gasteiger partial charge in [-0.3, -0.25) is 0 Å². The second kappa shape index (κ2) is 5.66. The van der Waals surface area contributed by atoms with E-state index in [9.17, 15) is 8.42 Å². The van der Waals surface area contributed by atoms with Gasteiger partial charge in [-0.05, 0) is 55.4 Å². The molecule has 1 fully saturated rings. The van der Waals surface area contributed by atoms with Gasteiger partial charge in [0.05, 0.1) is 4.90 Å². The average molecular weight is 316 g/mol. The van der Waals surface area contributed by atoms with E-state index in [0.29, 0.717) is 40.4 Å². The number of aryl methyl sites for hydroxylation is 2. The molecule has 0 spiro atoms. The summed E-state index contributed by atoms with van der Waals surface area (Å²) in [5.41, 5.74) is 1.51. The van der Waals surface area contributed by atoms with E-state index in [0.717, 1.165) is 12.0 Å². The van der Waals surface area contributed by atoms with Crippen molar-refractivity contribution in [2.75, 3.05) is 13.1 Å². The SMILES string of the molecule is Cc1cc(S(=O)(=O)N2CC(C)CC(C)C2)c(C)cc1Cl. The Bertz CT molecular complexity index is 603. The number of piperidine rings is 1. The number of halogens is 1. The third kappa shape index (κ3) is 3.02. The zero-order valence-corrected chi connectivity index (χ0v) is 14.1. The standard InChI is InChI=1S/C15H22ClNO2S/c1-10-5-11(2)9-17(8-10)20(18,19)15-7-12(3)14(16)6-13(15)4/h6-7,10-11H,5,8-9H2,1-4H3. The average Bonchev–Trinajstić information content (AvgIpc) is 2.32. The van der Waals surface area contributed by atoms with Crippen LogP contribution in [-0.4, -0.2) is 25.8 Å². The molecular weight excluding hydrogens is 294 g/mol. The number of hydrogen-bond donors (Lipinski definition) is 0. The Morgan fingerprint density at radius 1 is 1.10 bits per heavy atom. The smallest absolute Gasteiger partial charge is 0.207 e. The molecule has 2 unspecified atom stereocenters. The Kier molecular flexibility index (Phi) is 4.47. The zero-order chi connectivity index (χ0) is 15.1. The quantitative estimate of drug-likeness (QED) is 0.836. The van der Waals surface area contributed by atoms with E-state index in [2.05, 4.69) is 13.8 Å².